The van der Waals surface area contributed by atoms with Gasteiger partial charge in [0, 0.05) is 11.8 Å². The molecule has 11 heavy (non-hydrogen) atoms. The van der Waals surface area contributed by atoms with Crippen molar-refractivity contribution in [1.29, 1.82) is 0 Å². The van der Waals surface area contributed by atoms with Crippen LogP contribution in [0, 0.1) is 0 Å². The van der Waals surface area contributed by atoms with Gasteiger partial charge in [0.15, 0.2) is 6.29 Å². The lowest BCUT2D eigenvalue weighted by atomic mass is 10.2. The van der Waals surface area contributed by atoms with Crippen molar-refractivity contribution in [3.05, 3.63) is 24.4 Å². The maximum Gasteiger partial charge on any atom is 0.169 e. The number of aromatic nitrogens is 3. The van der Waals surface area contributed by atoms with E-state index in [1.54, 1.807) is 18.7 Å². The zero-order chi connectivity index (χ0) is 7.68. The lowest BCUT2D eigenvalue weighted by Gasteiger charge is -1.93. The molecule has 0 aromatic rings. The molecular weight excluding hydrogens is 142 g/mol. The van der Waals surface area contributed by atoms with Gasteiger partial charge >= 0.3 is 0 Å². The number of rotatable bonds is 1. The van der Waals surface area contributed by atoms with Gasteiger partial charge in [-0.25, -0.2) is 4.98 Å². The molecule has 0 aromatic carbocycles. The minimum Gasteiger partial charge on any atom is -0.345 e. The Morgan fingerprint density at radius 1 is 1.45 bits per heavy atom. The summed E-state index contributed by atoms with van der Waals surface area (Å²) in [6, 6.07) is 0. The van der Waals surface area contributed by atoms with Crippen LogP contribution in [-0.4, -0.2) is 21.2 Å². The summed E-state index contributed by atoms with van der Waals surface area (Å²) in [4.78, 5) is 21.0. The zero-order valence-electron chi connectivity index (χ0n) is 5.61. The molecular formula is C7H5N3O. The summed E-state index contributed by atoms with van der Waals surface area (Å²) in [5, 5.41) is 0. The number of aromatic amines is 1. The fourth-order valence-electron chi connectivity index (χ4n) is 0.974. The first-order valence-electron chi connectivity index (χ1n) is 3.14. The van der Waals surface area contributed by atoms with Crippen molar-refractivity contribution in [3.63, 3.8) is 0 Å². The molecule has 0 saturated carbocycles. The standard InChI is InChI=1S/C7H5N3O/c11-3-7-5-1-8-4-10-6(5)2-9-7/h1-4H,(H,8,10). The van der Waals surface area contributed by atoms with Crippen molar-refractivity contribution in [1.82, 2.24) is 15.0 Å². The summed E-state index contributed by atoms with van der Waals surface area (Å²) in [7, 11) is 0. The van der Waals surface area contributed by atoms with Crippen LogP contribution in [0.15, 0.2) is 18.7 Å². The molecule has 0 saturated heterocycles. The van der Waals surface area contributed by atoms with E-state index in [0.29, 0.717) is 5.69 Å². The molecule has 2 heterocycles. The van der Waals surface area contributed by atoms with Crippen molar-refractivity contribution < 1.29 is 4.79 Å². The highest BCUT2D eigenvalue weighted by Gasteiger charge is 2.08. The quantitative estimate of drug-likeness (QED) is 0.604. The Kier molecular flexibility index (Phi) is 1.18. The minimum absolute atomic E-state index is 0.435. The molecule has 0 aromatic heterocycles. The summed E-state index contributed by atoms with van der Waals surface area (Å²) >= 11 is 0. The van der Waals surface area contributed by atoms with Crippen LogP contribution in [0.2, 0.25) is 0 Å². The Bertz CT molecular complexity index is 355. The van der Waals surface area contributed by atoms with Gasteiger partial charge in [-0.15, -0.1) is 0 Å². The van der Waals surface area contributed by atoms with Crippen LogP contribution in [0.3, 0.4) is 0 Å². The number of H-pyrrole nitrogens is 1. The third kappa shape index (κ3) is 0.797. The highest BCUT2D eigenvalue weighted by molar-refractivity contribution is 5.84. The number of carbonyl (C=O) groups excluding carboxylic acids is 1. The molecule has 0 atom stereocenters. The molecule has 4 heteroatoms. The normalized spacial score (nSPS) is 10.2. The maximum atomic E-state index is 10.4. The second-order valence-corrected chi connectivity index (χ2v) is 2.14. The van der Waals surface area contributed by atoms with Crippen LogP contribution in [0.4, 0.5) is 0 Å². The summed E-state index contributed by atoms with van der Waals surface area (Å²) in [6.45, 7) is 0. The number of fused-ring (bicyclic) bond motifs is 1. The molecule has 0 radical (unpaired) electrons. The molecule has 2 aliphatic rings. The Labute approximate surface area is 62.6 Å². The molecule has 0 bridgehead atoms. The van der Waals surface area contributed by atoms with E-state index in [1.165, 1.54) is 0 Å². The molecule has 0 unspecified atom stereocenters. The summed E-state index contributed by atoms with van der Waals surface area (Å²) < 4.78 is 0. The second-order valence-electron chi connectivity index (χ2n) is 2.14. The van der Waals surface area contributed by atoms with Crippen LogP contribution in [0.25, 0.3) is 11.3 Å². The summed E-state index contributed by atoms with van der Waals surface area (Å²) in [5.41, 5.74) is 2.04. The number of carbonyl (C=O) groups is 1. The Hall–Kier alpha value is -1.71. The maximum absolute atomic E-state index is 10.4. The van der Waals surface area contributed by atoms with E-state index in [-0.39, 0.29) is 0 Å². The Balaban J connectivity index is 2.73. The van der Waals surface area contributed by atoms with E-state index in [2.05, 4.69) is 15.0 Å². The third-order valence-corrected chi connectivity index (χ3v) is 1.51. The lowest BCUT2D eigenvalue weighted by molar-refractivity contribution is 0.112. The van der Waals surface area contributed by atoms with Gasteiger partial charge < -0.3 is 4.98 Å². The van der Waals surface area contributed by atoms with Gasteiger partial charge in [-0.05, 0) is 0 Å². The zero-order valence-corrected chi connectivity index (χ0v) is 5.61. The van der Waals surface area contributed by atoms with Gasteiger partial charge in [-0.3, -0.25) is 9.78 Å². The first-order valence-corrected chi connectivity index (χ1v) is 3.14. The Morgan fingerprint density at radius 3 is 3.18 bits per heavy atom. The number of hydrogen-bond acceptors (Lipinski definition) is 3. The smallest absolute Gasteiger partial charge is 0.169 e. The van der Waals surface area contributed by atoms with Gasteiger partial charge in [-0.2, -0.15) is 0 Å². The fourth-order valence-corrected chi connectivity index (χ4v) is 0.974. The lowest BCUT2D eigenvalue weighted by Crippen LogP contribution is -1.85. The van der Waals surface area contributed by atoms with Crippen LogP contribution in [-0.2, 0) is 0 Å². The van der Waals surface area contributed by atoms with E-state index in [0.717, 1.165) is 17.5 Å². The monoisotopic (exact) mass is 147 g/mol. The van der Waals surface area contributed by atoms with E-state index >= 15 is 0 Å². The van der Waals surface area contributed by atoms with E-state index in [9.17, 15) is 4.79 Å². The van der Waals surface area contributed by atoms with Gasteiger partial charge in [0.2, 0.25) is 0 Å². The van der Waals surface area contributed by atoms with E-state index < -0.39 is 0 Å². The van der Waals surface area contributed by atoms with E-state index in [1.807, 2.05) is 0 Å². The van der Waals surface area contributed by atoms with Crippen LogP contribution < -0.4 is 0 Å². The van der Waals surface area contributed by atoms with Gasteiger partial charge in [0.25, 0.3) is 0 Å². The summed E-state index contributed by atoms with van der Waals surface area (Å²) in [6.07, 6.45) is 5.50. The first-order chi connectivity index (χ1) is 5.42. The molecule has 2 aliphatic heterocycles. The number of aldehydes is 1. The fraction of sp³-hybridized carbons (Fsp3) is 0. The molecule has 2 rings (SSSR count). The van der Waals surface area contributed by atoms with Crippen molar-refractivity contribution >= 4 is 6.29 Å². The van der Waals surface area contributed by atoms with Crippen molar-refractivity contribution in [2.75, 3.05) is 0 Å². The molecule has 1 N–H and O–H groups in total. The van der Waals surface area contributed by atoms with Crippen LogP contribution in [0.5, 0.6) is 0 Å². The van der Waals surface area contributed by atoms with E-state index in [4.69, 9.17) is 0 Å². The topological polar surface area (TPSA) is 58.6 Å². The van der Waals surface area contributed by atoms with Gasteiger partial charge in [-0.1, -0.05) is 0 Å². The predicted molar refractivity (Wildman–Crippen MR) is 38.4 cm³/mol. The third-order valence-electron chi connectivity index (χ3n) is 1.51. The number of nitrogens with one attached hydrogen (secondary N) is 1. The second kappa shape index (κ2) is 2.16. The molecule has 0 fully saturated rings. The molecule has 0 aliphatic carbocycles. The van der Waals surface area contributed by atoms with Crippen molar-refractivity contribution in [3.8, 4) is 11.3 Å². The van der Waals surface area contributed by atoms with Crippen LogP contribution >= 0.6 is 0 Å². The molecule has 4 nitrogen and oxygen atoms in total. The Morgan fingerprint density at radius 2 is 2.36 bits per heavy atom. The van der Waals surface area contributed by atoms with Gasteiger partial charge in [0.1, 0.15) is 5.69 Å². The molecule has 0 amide bonds. The highest BCUT2D eigenvalue weighted by Crippen LogP contribution is 2.19. The largest absolute Gasteiger partial charge is 0.345 e. The molecule has 0 spiro atoms. The highest BCUT2D eigenvalue weighted by atomic mass is 16.1. The first kappa shape index (κ1) is 6.03. The number of nitrogens with zero attached hydrogens (tertiary/aromatic N) is 2. The predicted octanol–water partition coefficient (Wildman–Crippen LogP) is 0.722. The summed E-state index contributed by atoms with van der Waals surface area (Å²) in [5.74, 6) is 0. The molecule has 54 valence electrons. The van der Waals surface area contributed by atoms with Crippen LogP contribution in [0.1, 0.15) is 10.5 Å². The average molecular weight is 147 g/mol. The average Bonchev–Trinajstić information content (AvgIpc) is 2.47. The minimum atomic E-state index is 0.435. The van der Waals surface area contributed by atoms with Crippen molar-refractivity contribution in [2.45, 2.75) is 0 Å². The van der Waals surface area contributed by atoms with Crippen molar-refractivity contribution in [2.24, 2.45) is 0 Å². The van der Waals surface area contributed by atoms with Gasteiger partial charge in [0.05, 0.1) is 18.2 Å². The SMILES string of the molecule is O=Cc1ncc2[nH]cncc1-2. The number of hydrogen-bond donors (Lipinski definition) is 1.